The molecule has 0 bridgehead atoms. The average Bonchev–Trinajstić information content (AvgIpc) is 2.57. The van der Waals surface area contributed by atoms with E-state index in [4.69, 9.17) is 0 Å². The third-order valence-electron chi connectivity index (χ3n) is 4.27. The van der Waals surface area contributed by atoms with Gasteiger partial charge in [-0.3, -0.25) is 0 Å². The summed E-state index contributed by atoms with van der Waals surface area (Å²) in [5, 5.41) is 49.2. The predicted molar refractivity (Wildman–Crippen MR) is 92.4 cm³/mol. The van der Waals surface area contributed by atoms with Crippen LogP contribution in [-0.4, -0.2) is 73.4 Å². The zero-order valence-electron chi connectivity index (χ0n) is 13.6. The van der Waals surface area contributed by atoms with Crippen LogP contribution in [-0.2, 0) is 0 Å². The summed E-state index contributed by atoms with van der Waals surface area (Å²) in [6.07, 6.45) is -5.32. The fraction of sp³-hybridized carbons (Fsp3) is 0.529. The molecule has 1 aromatic carbocycles. The molecule has 6 nitrogen and oxygen atoms in total. The van der Waals surface area contributed by atoms with Gasteiger partial charge in [0.25, 0.3) is 0 Å². The van der Waals surface area contributed by atoms with Gasteiger partial charge in [-0.2, -0.15) is 0 Å². The number of aryl methyl sites for hydroxylation is 1. The van der Waals surface area contributed by atoms with E-state index >= 15 is 0 Å². The van der Waals surface area contributed by atoms with Crippen LogP contribution in [0.1, 0.15) is 12.0 Å². The van der Waals surface area contributed by atoms with Gasteiger partial charge in [0.15, 0.2) is 6.23 Å². The molecule has 1 aliphatic heterocycles. The van der Waals surface area contributed by atoms with Crippen molar-refractivity contribution in [2.45, 2.75) is 48.8 Å². The van der Waals surface area contributed by atoms with Crippen LogP contribution in [0.15, 0.2) is 41.4 Å². The summed E-state index contributed by atoms with van der Waals surface area (Å²) in [4.78, 5) is 2.42. The van der Waals surface area contributed by atoms with Gasteiger partial charge in [-0.25, -0.2) is 0 Å². The highest BCUT2D eigenvalue weighted by molar-refractivity contribution is 7.99. The summed E-state index contributed by atoms with van der Waals surface area (Å²) in [7, 11) is 0. The van der Waals surface area contributed by atoms with Gasteiger partial charge in [0.05, 0.1) is 12.6 Å². The Morgan fingerprint density at radius 3 is 2.29 bits per heavy atom. The molecule has 0 spiro atoms. The maximum atomic E-state index is 10.2. The van der Waals surface area contributed by atoms with Crippen molar-refractivity contribution in [3.63, 3.8) is 0 Å². The molecular weight excluding hydrogens is 330 g/mol. The Labute approximate surface area is 146 Å². The lowest BCUT2D eigenvalue weighted by molar-refractivity contribution is -0.212. The average molecular weight is 355 g/mol. The lowest BCUT2D eigenvalue weighted by Crippen LogP contribution is -2.66. The van der Waals surface area contributed by atoms with E-state index in [1.807, 2.05) is 31.2 Å². The topological polar surface area (TPSA) is 104 Å². The highest BCUT2D eigenvalue weighted by Crippen LogP contribution is 2.29. The van der Waals surface area contributed by atoms with Crippen molar-refractivity contribution in [2.75, 3.05) is 12.4 Å². The van der Waals surface area contributed by atoms with Crippen LogP contribution in [0.5, 0.6) is 0 Å². The van der Waals surface area contributed by atoms with Gasteiger partial charge in [-0.05, 0) is 25.5 Å². The van der Waals surface area contributed by atoms with Gasteiger partial charge in [0, 0.05) is 16.3 Å². The lowest BCUT2D eigenvalue weighted by Gasteiger charge is -2.48. The highest BCUT2D eigenvalue weighted by atomic mass is 32.2. The first-order valence-electron chi connectivity index (χ1n) is 7.85. The molecule has 7 heteroatoms. The Bertz CT molecular complexity index is 552. The maximum Gasteiger partial charge on any atom is 0.156 e. The summed E-state index contributed by atoms with van der Waals surface area (Å²) >= 11 is 1.63. The Morgan fingerprint density at radius 2 is 1.71 bits per heavy atom. The molecule has 1 unspecified atom stereocenters. The fourth-order valence-electron chi connectivity index (χ4n) is 2.80. The van der Waals surface area contributed by atoms with E-state index in [-0.39, 0.29) is 0 Å². The SMILES string of the molecule is C=C(CCSc1ccc(C)cc1)N1C(O)[C@H](O)[C@@H](O)[C@H](O)[C@H]1CO. The second kappa shape index (κ2) is 8.33. The van der Waals surface area contributed by atoms with Crippen molar-refractivity contribution in [1.82, 2.24) is 4.90 Å². The van der Waals surface area contributed by atoms with E-state index in [1.54, 1.807) is 11.8 Å². The normalized spacial score (nSPS) is 30.4. The van der Waals surface area contributed by atoms with Crippen LogP contribution < -0.4 is 0 Å². The second-order valence-corrected chi connectivity index (χ2v) is 7.19. The Kier molecular flexibility index (Phi) is 6.68. The standard InChI is InChI=1S/C17H25NO5S/c1-10-3-5-12(6-4-10)24-8-7-11(2)18-13(9-19)14(20)15(21)16(22)17(18)23/h3-6,13-17,19-23H,2,7-9H2,1H3/t13-,14-,15+,16-,17?/m1/s1. The summed E-state index contributed by atoms with van der Waals surface area (Å²) < 4.78 is 0. The molecular formula is C17H25NO5S. The van der Waals surface area contributed by atoms with E-state index in [2.05, 4.69) is 6.58 Å². The number of nitrogens with zero attached hydrogens (tertiary/aromatic N) is 1. The largest absolute Gasteiger partial charge is 0.394 e. The number of benzene rings is 1. The van der Waals surface area contributed by atoms with Crippen molar-refractivity contribution >= 4 is 11.8 Å². The van der Waals surface area contributed by atoms with Crippen LogP contribution in [0.4, 0.5) is 0 Å². The summed E-state index contributed by atoms with van der Waals surface area (Å²) in [5.74, 6) is 0.692. The number of piperidine rings is 1. The number of allylic oxidation sites excluding steroid dienone is 1. The van der Waals surface area contributed by atoms with Crippen molar-refractivity contribution in [3.8, 4) is 0 Å². The van der Waals surface area contributed by atoms with Gasteiger partial charge in [0.1, 0.15) is 18.3 Å². The summed E-state index contributed by atoms with van der Waals surface area (Å²) in [6, 6.07) is 7.20. The third-order valence-corrected chi connectivity index (χ3v) is 5.29. The molecule has 0 amide bonds. The first-order valence-corrected chi connectivity index (χ1v) is 8.84. The van der Waals surface area contributed by atoms with Gasteiger partial charge >= 0.3 is 0 Å². The number of aliphatic hydroxyl groups is 5. The Hall–Kier alpha value is -1.09. The minimum atomic E-state index is -1.52. The molecule has 1 aliphatic rings. The van der Waals surface area contributed by atoms with Gasteiger partial charge in [0.2, 0.25) is 0 Å². The molecule has 134 valence electrons. The highest BCUT2D eigenvalue weighted by Gasteiger charge is 2.47. The number of aliphatic hydroxyl groups excluding tert-OH is 5. The van der Waals surface area contributed by atoms with Crippen molar-refractivity contribution in [1.29, 1.82) is 0 Å². The molecule has 0 aromatic heterocycles. The van der Waals surface area contributed by atoms with E-state index in [1.165, 1.54) is 10.5 Å². The van der Waals surface area contributed by atoms with Gasteiger partial charge in [-0.1, -0.05) is 24.3 Å². The van der Waals surface area contributed by atoms with Gasteiger partial charge < -0.3 is 30.4 Å². The quantitative estimate of drug-likeness (QED) is 0.460. The second-order valence-electron chi connectivity index (χ2n) is 6.02. The monoisotopic (exact) mass is 355 g/mol. The molecule has 0 aliphatic carbocycles. The molecule has 1 fully saturated rings. The molecule has 2 rings (SSSR count). The van der Waals surface area contributed by atoms with Crippen LogP contribution in [0, 0.1) is 6.92 Å². The van der Waals surface area contributed by atoms with E-state index in [0.29, 0.717) is 17.9 Å². The van der Waals surface area contributed by atoms with Crippen molar-refractivity contribution in [3.05, 3.63) is 42.1 Å². The first kappa shape index (κ1) is 19.2. The van der Waals surface area contributed by atoms with Gasteiger partial charge in [-0.15, -0.1) is 11.8 Å². The molecule has 1 heterocycles. The van der Waals surface area contributed by atoms with Crippen LogP contribution >= 0.6 is 11.8 Å². The van der Waals surface area contributed by atoms with Crippen LogP contribution in [0.25, 0.3) is 0 Å². The molecule has 24 heavy (non-hydrogen) atoms. The fourth-order valence-corrected chi connectivity index (χ4v) is 3.70. The van der Waals surface area contributed by atoms with E-state index in [0.717, 1.165) is 4.90 Å². The van der Waals surface area contributed by atoms with E-state index < -0.39 is 37.2 Å². The molecule has 0 saturated carbocycles. The Balaban J connectivity index is 1.97. The number of hydrogen-bond acceptors (Lipinski definition) is 7. The number of likely N-dealkylation sites (tertiary alicyclic amines) is 1. The smallest absolute Gasteiger partial charge is 0.156 e. The van der Waals surface area contributed by atoms with E-state index in [9.17, 15) is 25.5 Å². The molecule has 0 radical (unpaired) electrons. The first-order chi connectivity index (χ1) is 11.4. The van der Waals surface area contributed by atoms with Crippen molar-refractivity contribution < 1.29 is 25.5 Å². The van der Waals surface area contributed by atoms with Crippen molar-refractivity contribution in [2.24, 2.45) is 0 Å². The number of hydrogen-bond donors (Lipinski definition) is 5. The van der Waals surface area contributed by atoms with Crippen LogP contribution in [0.3, 0.4) is 0 Å². The Morgan fingerprint density at radius 1 is 1.08 bits per heavy atom. The summed E-state index contributed by atoms with van der Waals surface area (Å²) in [6.45, 7) is 5.46. The predicted octanol–water partition coefficient (Wildman–Crippen LogP) is 0.0685. The number of rotatable bonds is 6. The molecule has 5 atom stereocenters. The zero-order valence-corrected chi connectivity index (χ0v) is 14.4. The zero-order chi connectivity index (χ0) is 17.9. The minimum absolute atomic E-state index is 0.466. The number of thioether (sulfide) groups is 1. The third kappa shape index (κ3) is 4.11. The maximum absolute atomic E-state index is 10.2. The lowest BCUT2D eigenvalue weighted by atomic mass is 9.92. The molecule has 5 N–H and O–H groups in total. The minimum Gasteiger partial charge on any atom is -0.394 e. The molecule has 1 saturated heterocycles. The van der Waals surface area contributed by atoms with Crippen LogP contribution in [0.2, 0.25) is 0 Å². The summed E-state index contributed by atoms with van der Waals surface area (Å²) in [5.41, 5.74) is 1.68. The molecule has 1 aromatic rings.